The van der Waals surface area contributed by atoms with Gasteiger partial charge in [-0.25, -0.2) is 0 Å². The molecule has 1 aromatic carbocycles. The van der Waals surface area contributed by atoms with Crippen LogP contribution >= 0.6 is 24.0 Å². The molecular weight excluding hydrogens is 451 g/mol. The quantitative estimate of drug-likeness (QED) is 0.332. The van der Waals surface area contributed by atoms with E-state index in [0.717, 1.165) is 29.7 Å². The number of guanidine groups is 1. The fourth-order valence-electron chi connectivity index (χ4n) is 3.47. The van der Waals surface area contributed by atoms with Crippen LogP contribution in [0.25, 0.3) is 0 Å². The summed E-state index contributed by atoms with van der Waals surface area (Å²) in [6.07, 6.45) is 3.80. The Morgan fingerprint density at radius 3 is 2.59 bits per heavy atom. The number of piperidine rings is 1. The second-order valence-electron chi connectivity index (χ2n) is 7.14. The predicted octanol–water partition coefficient (Wildman–Crippen LogP) is 3.80. The summed E-state index contributed by atoms with van der Waals surface area (Å²) in [4.78, 5) is 6.95. The maximum Gasteiger partial charge on any atom is 0.191 e. The summed E-state index contributed by atoms with van der Waals surface area (Å²) in [7, 11) is 1.83. The first-order chi connectivity index (χ1) is 12.7. The zero-order chi connectivity index (χ0) is 18.8. The van der Waals surface area contributed by atoms with Crippen molar-refractivity contribution in [1.82, 2.24) is 15.5 Å². The maximum absolute atomic E-state index is 5.76. The summed E-state index contributed by atoms with van der Waals surface area (Å²) < 4.78 is 5.76. The minimum Gasteiger partial charge on any atom is -0.494 e. The number of nitrogens with one attached hydrogen (secondary N) is 2. The number of aryl methyl sites for hydroxylation is 1. The summed E-state index contributed by atoms with van der Waals surface area (Å²) in [5.41, 5.74) is 2.38. The SMILES string of the molecule is CCCN1CCC(CNC(=NC)NCc2ccc(C)cc2OCC)CC1.I. The Balaban J connectivity index is 0.00000364. The van der Waals surface area contributed by atoms with Crippen molar-refractivity contribution in [3.05, 3.63) is 29.3 Å². The predicted molar refractivity (Wildman–Crippen MR) is 125 cm³/mol. The fourth-order valence-corrected chi connectivity index (χ4v) is 3.47. The maximum atomic E-state index is 5.76. The molecule has 1 fully saturated rings. The Labute approximate surface area is 182 Å². The summed E-state index contributed by atoms with van der Waals surface area (Å²) in [5, 5.41) is 6.92. The third kappa shape index (κ3) is 8.25. The van der Waals surface area contributed by atoms with E-state index in [1.54, 1.807) is 0 Å². The molecule has 1 heterocycles. The largest absolute Gasteiger partial charge is 0.494 e. The molecule has 1 aromatic rings. The summed E-state index contributed by atoms with van der Waals surface area (Å²) in [5.74, 6) is 2.56. The van der Waals surface area contributed by atoms with Crippen LogP contribution in [0.15, 0.2) is 23.2 Å². The highest BCUT2D eigenvalue weighted by Gasteiger charge is 2.18. The lowest BCUT2D eigenvalue weighted by molar-refractivity contribution is 0.185. The standard InChI is InChI=1S/C21H36N4O.HI/c1-5-11-25-12-9-18(10-13-25)15-23-21(22-4)24-16-19-8-7-17(3)14-20(19)26-6-2;/h7-8,14,18H,5-6,9-13,15-16H2,1-4H3,(H2,22,23,24);1H. The number of hydrogen-bond acceptors (Lipinski definition) is 3. The molecular formula is C21H37IN4O. The molecule has 1 aliphatic rings. The van der Waals surface area contributed by atoms with Gasteiger partial charge < -0.3 is 20.3 Å². The highest BCUT2D eigenvalue weighted by atomic mass is 127. The van der Waals surface area contributed by atoms with Gasteiger partial charge in [-0.2, -0.15) is 0 Å². The van der Waals surface area contributed by atoms with Crippen LogP contribution in [0.4, 0.5) is 0 Å². The number of rotatable bonds is 8. The highest BCUT2D eigenvalue weighted by molar-refractivity contribution is 14.0. The number of likely N-dealkylation sites (tertiary alicyclic amines) is 1. The average molecular weight is 488 g/mol. The molecule has 1 aliphatic heterocycles. The molecule has 2 N–H and O–H groups in total. The van der Waals surface area contributed by atoms with Gasteiger partial charge >= 0.3 is 0 Å². The van der Waals surface area contributed by atoms with Crippen LogP contribution in [0, 0.1) is 12.8 Å². The number of benzene rings is 1. The first-order valence-corrected chi connectivity index (χ1v) is 10.0. The van der Waals surface area contributed by atoms with E-state index in [1.807, 2.05) is 14.0 Å². The van der Waals surface area contributed by atoms with Crippen molar-refractivity contribution in [1.29, 1.82) is 0 Å². The Bertz CT molecular complexity index is 571. The number of ether oxygens (including phenoxy) is 1. The Kier molecular flexibility index (Phi) is 11.7. The van der Waals surface area contributed by atoms with Crippen molar-refractivity contribution in [2.75, 3.05) is 39.8 Å². The van der Waals surface area contributed by atoms with Crippen LogP contribution in [-0.2, 0) is 6.54 Å². The van der Waals surface area contributed by atoms with Crippen LogP contribution in [0.2, 0.25) is 0 Å². The minimum atomic E-state index is 0. The van der Waals surface area contributed by atoms with Crippen molar-refractivity contribution in [3.8, 4) is 5.75 Å². The smallest absolute Gasteiger partial charge is 0.191 e. The first-order valence-electron chi connectivity index (χ1n) is 10.0. The lowest BCUT2D eigenvalue weighted by atomic mass is 9.97. The molecule has 2 rings (SSSR count). The van der Waals surface area contributed by atoms with Crippen molar-refractivity contribution >= 4 is 29.9 Å². The molecule has 154 valence electrons. The van der Waals surface area contributed by atoms with Crippen molar-refractivity contribution in [2.24, 2.45) is 10.9 Å². The molecule has 0 aromatic heterocycles. The summed E-state index contributed by atoms with van der Waals surface area (Å²) in [6, 6.07) is 6.35. The molecule has 0 saturated carbocycles. The van der Waals surface area contributed by atoms with Gasteiger partial charge in [0.1, 0.15) is 5.75 Å². The Hall–Kier alpha value is -1.02. The lowest BCUT2D eigenvalue weighted by Crippen LogP contribution is -2.42. The van der Waals surface area contributed by atoms with Gasteiger partial charge in [-0.1, -0.05) is 19.1 Å². The topological polar surface area (TPSA) is 48.9 Å². The van der Waals surface area contributed by atoms with E-state index in [2.05, 4.69) is 52.6 Å². The zero-order valence-corrected chi connectivity index (χ0v) is 19.7. The third-order valence-electron chi connectivity index (χ3n) is 5.00. The summed E-state index contributed by atoms with van der Waals surface area (Å²) >= 11 is 0. The van der Waals surface area contributed by atoms with Crippen LogP contribution < -0.4 is 15.4 Å². The lowest BCUT2D eigenvalue weighted by Gasteiger charge is -2.32. The van der Waals surface area contributed by atoms with Crippen molar-refractivity contribution in [3.63, 3.8) is 0 Å². The van der Waals surface area contributed by atoms with Gasteiger partial charge in [0.15, 0.2) is 5.96 Å². The fraction of sp³-hybridized carbons (Fsp3) is 0.667. The van der Waals surface area contributed by atoms with Gasteiger partial charge in [0.05, 0.1) is 6.61 Å². The normalized spacial score (nSPS) is 15.9. The number of nitrogens with zero attached hydrogens (tertiary/aromatic N) is 2. The van der Waals surface area contributed by atoms with Crippen LogP contribution in [-0.4, -0.2) is 50.7 Å². The molecule has 0 unspecified atom stereocenters. The van der Waals surface area contributed by atoms with E-state index in [-0.39, 0.29) is 24.0 Å². The van der Waals surface area contributed by atoms with Gasteiger partial charge in [0, 0.05) is 25.7 Å². The monoisotopic (exact) mass is 488 g/mol. The Morgan fingerprint density at radius 2 is 1.96 bits per heavy atom. The molecule has 0 radical (unpaired) electrons. The first kappa shape index (κ1) is 24.0. The number of halogens is 1. The molecule has 27 heavy (non-hydrogen) atoms. The second kappa shape index (κ2) is 13.2. The van der Waals surface area contributed by atoms with E-state index < -0.39 is 0 Å². The van der Waals surface area contributed by atoms with E-state index >= 15 is 0 Å². The number of hydrogen-bond donors (Lipinski definition) is 2. The molecule has 0 spiro atoms. The van der Waals surface area contributed by atoms with Gasteiger partial charge in [-0.15, -0.1) is 24.0 Å². The number of aliphatic imine (C=N–C) groups is 1. The van der Waals surface area contributed by atoms with Crippen molar-refractivity contribution in [2.45, 2.75) is 46.6 Å². The van der Waals surface area contributed by atoms with E-state index in [9.17, 15) is 0 Å². The van der Waals surface area contributed by atoms with Gasteiger partial charge in [0.25, 0.3) is 0 Å². The highest BCUT2D eigenvalue weighted by Crippen LogP contribution is 2.20. The van der Waals surface area contributed by atoms with Crippen LogP contribution in [0.5, 0.6) is 5.75 Å². The second-order valence-corrected chi connectivity index (χ2v) is 7.14. The molecule has 0 bridgehead atoms. The van der Waals surface area contributed by atoms with E-state index in [1.165, 1.54) is 44.5 Å². The van der Waals surface area contributed by atoms with Gasteiger partial charge in [-0.05, 0) is 70.3 Å². The van der Waals surface area contributed by atoms with Crippen molar-refractivity contribution < 1.29 is 4.74 Å². The third-order valence-corrected chi connectivity index (χ3v) is 5.00. The molecule has 0 amide bonds. The molecule has 0 aliphatic carbocycles. The van der Waals surface area contributed by atoms with Crippen LogP contribution in [0.1, 0.15) is 44.2 Å². The molecule has 1 saturated heterocycles. The zero-order valence-electron chi connectivity index (χ0n) is 17.4. The van der Waals surface area contributed by atoms with E-state index in [4.69, 9.17) is 4.74 Å². The average Bonchev–Trinajstić information content (AvgIpc) is 2.65. The van der Waals surface area contributed by atoms with Gasteiger partial charge in [-0.3, -0.25) is 4.99 Å². The molecule has 5 nitrogen and oxygen atoms in total. The Morgan fingerprint density at radius 1 is 1.22 bits per heavy atom. The minimum absolute atomic E-state index is 0. The summed E-state index contributed by atoms with van der Waals surface area (Å²) in [6.45, 7) is 12.4. The molecule has 6 heteroatoms. The van der Waals surface area contributed by atoms with Gasteiger partial charge in [0.2, 0.25) is 0 Å². The van der Waals surface area contributed by atoms with E-state index in [0.29, 0.717) is 13.2 Å². The van der Waals surface area contributed by atoms with Crippen LogP contribution in [0.3, 0.4) is 0 Å². The molecule has 0 atom stereocenters.